The second-order valence-electron chi connectivity index (χ2n) is 3.05. The quantitative estimate of drug-likeness (QED) is 0.820. The summed E-state index contributed by atoms with van der Waals surface area (Å²) < 4.78 is 14.9. The lowest BCUT2D eigenvalue weighted by molar-refractivity contribution is -0.119. The number of ether oxygens (including phenoxy) is 3. The van der Waals surface area contributed by atoms with Gasteiger partial charge in [0.05, 0.1) is 14.2 Å². The highest BCUT2D eigenvalue weighted by Gasteiger charge is 2.06. The summed E-state index contributed by atoms with van der Waals surface area (Å²) in [5, 5.41) is 2.67. The first-order valence-electron chi connectivity index (χ1n) is 4.72. The molecule has 5 heteroatoms. The Morgan fingerprint density at radius 1 is 1.19 bits per heavy atom. The first-order chi connectivity index (χ1) is 7.71. The number of carbonyl (C=O) groups excluding carboxylic acids is 1. The van der Waals surface area contributed by atoms with Crippen molar-refractivity contribution in [3.8, 4) is 11.5 Å². The number of hydrogen-bond acceptors (Lipinski definition) is 4. The van der Waals surface area contributed by atoms with Crippen LogP contribution in [-0.4, -0.2) is 33.8 Å². The topological polar surface area (TPSA) is 56.8 Å². The van der Waals surface area contributed by atoms with Gasteiger partial charge in [-0.1, -0.05) is 0 Å². The molecule has 1 N–H and O–H groups in total. The lowest BCUT2D eigenvalue weighted by Crippen LogP contribution is -2.17. The summed E-state index contributed by atoms with van der Waals surface area (Å²) in [7, 11) is 4.56. The Labute approximate surface area is 94.3 Å². The van der Waals surface area contributed by atoms with E-state index in [1.807, 2.05) is 0 Å². The molecule has 1 rings (SSSR count). The Morgan fingerprint density at radius 2 is 1.88 bits per heavy atom. The van der Waals surface area contributed by atoms with Crippen LogP contribution in [0.3, 0.4) is 0 Å². The Morgan fingerprint density at radius 3 is 2.44 bits per heavy atom. The van der Waals surface area contributed by atoms with Crippen molar-refractivity contribution in [3.63, 3.8) is 0 Å². The fourth-order valence-electron chi connectivity index (χ4n) is 1.24. The Kier molecular flexibility index (Phi) is 4.60. The fraction of sp³-hybridized carbons (Fsp3) is 0.364. The molecule has 0 spiro atoms. The molecule has 0 aromatic heterocycles. The molecule has 0 fully saturated rings. The van der Waals surface area contributed by atoms with Crippen LogP contribution in [-0.2, 0) is 9.53 Å². The van der Waals surface area contributed by atoms with Gasteiger partial charge < -0.3 is 19.5 Å². The molecule has 88 valence electrons. The van der Waals surface area contributed by atoms with Crippen molar-refractivity contribution in [2.45, 2.75) is 0 Å². The third kappa shape index (κ3) is 3.13. The van der Waals surface area contributed by atoms with Crippen LogP contribution >= 0.6 is 0 Å². The zero-order valence-electron chi connectivity index (χ0n) is 9.57. The van der Waals surface area contributed by atoms with Crippen molar-refractivity contribution in [3.05, 3.63) is 18.2 Å². The summed E-state index contributed by atoms with van der Waals surface area (Å²) in [5.41, 5.74) is 0.639. The van der Waals surface area contributed by atoms with Crippen LogP contribution in [0.25, 0.3) is 0 Å². The molecular weight excluding hydrogens is 210 g/mol. The molecule has 0 heterocycles. The predicted octanol–water partition coefficient (Wildman–Crippen LogP) is 1.29. The molecule has 16 heavy (non-hydrogen) atoms. The normalized spacial score (nSPS) is 9.69. The average Bonchev–Trinajstić information content (AvgIpc) is 2.29. The van der Waals surface area contributed by atoms with E-state index < -0.39 is 0 Å². The van der Waals surface area contributed by atoms with Crippen molar-refractivity contribution < 1.29 is 19.0 Å². The largest absolute Gasteiger partial charge is 0.493 e. The molecule has 0 aliphatic heterocycles. The molecule has 0 aliphatic rings. The van der Waals surface area contributed by atoms with Gasteiger partial charge in [0.2, 0.25) is 5.91 Å². The Bertz CT molecular complexity index is 365. The van der Waals surface area contributed by atoms with Crippen LogP contribution in [0, 0.1) is 0 Å². The molecule has 0 aliphatic carbocycles. The number of amides is 1. The van der Waals surface area contributed by atoms with Crippen LogP contribution in [0.5, 0.6) is 11.5 Å². The standard InChI is InChI=1S/C11H15NO4/c1-14-7-11(13)12-8-4-5-9(15-2)10(6-8)16-3/h4-6H,7H2,1-3H3,(H,12,13). The monoisotopic (exact) mass is 225 g/mol. The summed E-state index contributed by atoms with van der Waals surface area (Å²) in [5.74, 6) is 0.972. The number of anilines is 1. The van der Waals surface area contributed by atoms with Gasteiger partial charge in [-0.05, 0) is 12.1 Å². The minimum absolute atomic E-state index is 0.0222. The second-order valence-corrected chi connectivity index (χ2v) is 3.05. The van der Waals surface area contributed by atoms with Crippen LogP contribution < -0.4 is 14.8 Å². The maximum absolute atomic E-state index is 11.3. The van der Waals surface area contributed by atoms with E-state index in [9.17, 15) is 4.79 Å². The summed E-state index contributed by atoms with van der Waals surface area (Å²) in [4.78, 5) is 11.3. The van der Waals surface area contributed by atoms with E-state index in [0.29, 0.717) is 17.2 Å². The molecule has 1 aromatic carbocycles. The van der Waals surface area contributed by atoms with Gasteiger partial charge >= 0.3 is 0 Å². The second kappa shape index (κ2) is 5.97. The van der Waals surface area contributed by atoms with Crippen LogP contribution in [0.1, 0.15) is 0 Å². The van der Waals surface area contributed by atoms with Gasteiger partial charge in [-0.2, -0.15) is 0 Å². The van der Waals surface area contributed by atoms with E-state index in [0.717, 1.165) is 0 Å². The minimum atomic E-state index is -0.213. The summed E-state index contributed by atoms with van der Waals surface area (Å²) >= 11 is 0. The van der Waals surface area contributed by atoms with E-state index in [1.54, 1.807) is 32.4 Å². The summed E-state index contributed by atoms with van der Waals surface area (Å²) in [6.45, 7) is 0.0222. The number of benzene rings is 1. The molecule has 1 aromatic rings. The molecule has 0 saturated carbocycles. The van der Waals surface area contributed by atoms with Gasteiger partial charge in [-0.25, -0.2) is 0 Å². The highest BCUT2D eigenvalue weighted by Crippen LogP contribution is 2.29. The number of methoxy groups -OCH3 is 3. The van der Waals surface area contributed by atoms with E-state index >= 15 is 0 Å². The molecule has 1 amide bonds. The van der Waals surface area contributed by atoms with Gasteiger partial charge in [0.1, 0.15) is 6.61 Å². The number of nitrogens with one attached hydrogen (secondary N) is 1. The SMILES string of the molecule is COCC(=O)Nc1ccc(OC)c(OC)c1. The number of carbonyl (C=O) groups is 1. The first kappa shape index (κ1) is 12.3. The predicted molar refractivity (Wildman–Crippen MR) is 60.1 cm³/mol. The van der Waals surface area contributed by atoms with Crippen LogP contribution in [0.2, 0.25) is 0 Å². The maximum Gasteiger partial charge on any atom is 0.250 e. The lowest BCUT2D eigenvalue weighted by Gasteiger charge is -2.10. The molecule has 0 saturated heterocycles. The van der Waals surface area contributed by atoms with Gasteiger partial charge in [0.15, 0.2) is 11.5 Å². The van der Waals surface area contributed by atoms with E-state index in [-0.39, 0.29) is 12.5 Å². The highest BCUT2D eigenvalue weighted by atomic mass is 16.5. The van der Waals surface area contributed by atoms with Crippen molar-refractivity contribution in [2.75, 3.05) is 33.3 Å². The highest BCUT2D eigenvalue weighted by molar-refractivity contribution is 5.92. The van der Waals surface area contributed by atoms with Gasteiger partial charge in [-0.3, -0.25) is 4.79 Å². The Hall–Kier alpha value is -1.75. The third-order valence-electron chi connectivity index (χ3n) is 1.94. The zero-order chi connectivity index (χ0) is 12.0. The Balaban J connectivity index is 2.78. The minimum Gasteiger partial charge on any atom is -0.493 e. The molecule has 0 bridgehead atoms. The van der Waals surface area contributed by atoms with E-state index in [2.05, 4.69) is 5.32 Å². The van der Waals surface area contributed by atoms with Crippen LogP contribution in [0.4, 0.5) is 5.69 Å². The summed E-state index contributed by atoms with van der Waals surface area (Å²) in [6.07, 6.45) is 0. The maximum atomic E-state index is 11.3. The smallest absolute Gasteiger partial charge is 0.250 e. The molecule has 0 radical (unpaired) electrons. The van der Waals surface area contributed by atoms with Crippen LogP contribution in [0.15, 0.2) is 18.2 Å². The third-order valence-corrected chi connectivity index (χ3v) is 1.94. The van der Waals surface area contributed by atoms with Crippen molar-refractivity contribution in [2.24, 2.45) is 0 Å². The fourth-order valence-corrected chi connectivity index (χ4v) is 1.24. The van der Waals surface area contributed by atoms with Crippen molar-refractivity contribution in [1.29, 1.82) is 0 Å². The van der Waals surface area contributed by atoms with Crippen molar-refractivity contribution in [1.82, 2.24) is 0 Å². The van der Waals surface area contributed by atoms with Gasteiger partial charge in [-0.15, -0.1) is 0 Å². The average molecular weight is 225 g/mol. The molecular formula is C11H15NO4. The van der Waals surface area contributed by atoms with Gasteiger partial charge in [0.25, 0.3) is 0 Å². The summed E-state index contributed by atoms with van der Waals surface area (Å²) in [6, 6.07) is 5.14. The number of rotatable bonds is 5. The lowest BCUT2D eigenvalue weighted by atomic mass is 10.2. The first-order valence-corrected chi connectivity index (χ1v) is 4.72. The molecule has 5 nitrogen and oxygen atoms in total. The molecule has 0 atom stereocenters. The number of hydrogen-bond donors (Lipinski definition) is 1. The van der Waals surface area contributed by atoms with Gasteiger partial charge in [0, 0.05) is 18.9 Å². The zero-order valence-corrected chi connectivity index (χ0v) is 9.57. The van der Waals surface area contributed by atoms with E-state index in [1.165, 1.54) is 7.11 Å². The van der Waals surface area contributed by atoms with E-state index in [4.69, 9.17) is 14.2 Å². The molecule has 0 unspecified atom stereocenters. The van der Waals surface area contributed by atoms with Crippen molar-refractivity contribution >= 4 is 11.6 Å².